The van der Waals surface area contributed by atoms with E-state index in [2.05, 4.69) is 38.8 Å². The van der Waals surface area contributed by atoms with Gasteiger partial charge in [-0.05, 0) is 19.3 Å². The molecule has 0 aromatic heterocycles. The van der Waals surface area contributed by atoms with Gasteiger partial charge in [0.1, 0.15) is 0 Å². The van der Waals surface area contributed by atoms with Crippen molar-refractivity contribution < 1.29 is 0 Å². The summed E-state index contributed by atoms with van der Waals surface area (Å²) in [6.07, 6.45) is 1.10. The summed E-state index contributed by atoms with van der Waals surface area (Å²) in [5, 5.41) is 0. The summed E-state index contributed by atoms with van der Waals surface area (Å²) in [6, 6.07) is 0. The quantitative estimate of drug-likeness (QED) is 0.608. The molecular formula is C11H19N. The van der Waals surface area contributed by atoms with Gasteiger partial charge in [-0.15, -0.1) is 0 Å². The molecule has 0 aliphatic carbocycles. The minimum Gasteiger partial charge on any atom is -0.350 e. The topological polar surface area (TPSA) is 3.24 Å². The van der Waals surface area contributed by atoms with Gasteiger partial charge in [0.2, 0.25) is 0 Å². The van der Waals surface area contributed by atoms with Crippen molar-refractivity contribution in [1.29, 1.82) is 0 Å². The molecule has 0 N–H and O–H groups in total. The lowest BCUT2D eigenvalue weighted by molar-refractivity contribution is 0.418. The first-order valence-corrected chi connectivity index (χ1v) is 4.72. The average molecular weight is 165 g/mol. The second-order valence-corrected chi connectivity index (χ2v) is 3.86. The Kier molecular flexibility index (Phi) is 2.61. The Hall–Kier alpha value is -0.720. The van der Waals surface area contributed by atoms with E-state index in [0.717, 1.165) is 13.0 Å². The van der Waals surface area contributed by atoms with Crippen molar-refractivity contribution in [3.05, 3.63) is 24.6 Å². The lowest BCUT2D eigenvalue weighted by Gasteiger charge is -2.21. The molecular weight excluding hydrogens is 146 g/mol. The number of likely N-dealkylation sites (tertiary alicyclic amines) is 1. The van der Waals surface area contributed by atoms with Crippen molar-refractivity contribution in [2.45, 2.75) is 27.2 Å². The van der Waals surface area contributed by atoms with Crippen LogP contribution in [0.15, 0.2) is 24.6 Å². The van der Waals surface area contributed by atoms with Gasteiger partial charge in [-0.1, -0.05) is 27.0 Å². The lowest BCUT2D eigenvalue weighted by atomic mass is 9.92. The molecule has 1 rings (SSSR count). The second kappa shape index (κ2) is 3.34. The van der Waals surface area contributed by atoms with Crippen LogP contribution in [-0.4, -0.2) is 11.4 Å². The maximum Gasteiger partial charge on any atom is 0.0196 e. The van der Waals surface area contributed by atoms with Crippen molar-refractivity contribution in [1.82, 2.24) is 4.90 Å². The van der Waals surface area contributed by atoms with Crippen molar-refractivity contribution >= 4 is 0 Å². The molecule has 0 aromatic rings. The van der Waals surface area contributed by atoms with Gasteiger partial charge in [-0.2, -0.15) is 0 Å². The van der Waals surface area contributed by atoms with Gasteiger partial charge in [0.15, 0.2) is 0 Å². The van der Waals surface area contributed by atoms with Crippen LogP contribution in [0.4, 0.5) is 0 Å². The molecule has 12 heavy (non-hydrogen) atoms. The summed E-state index contributed by atoms with van der Waals surface area (Å²) in [7, 11) is 0. The van der Waals surface area contributed by atoms with Crippen LogP contribution in [0, 0.1) is 11.8 Å². The molecule has 1 heteroatoms. The molecule has 1 aliphatic heterocycles. The molecule has 1 heterocycles. The highest BCUT2D eigenvalue weighted by Gasteiger charge is 2.29. The van der Waals surface area contributed by atoms with Gasteiger partial charge >= 0.3 is 0 Å². The van der Waals surface area contributed by atoms with E-state index in [0.29, 0.717) is 11.8 Å². The SMILES string of the molecule is C=C1CC(C(C)C)C(=C)N1CC. The first-order chi connectivity index (χ1) is 5.57. The molecule has 1 atom stereocenters. The number of allylic oxidation sites excluding steroid dienone is 2. The van der Waals surface area contributed by atoms with E-state index in [-0.39, 0.29) is 0 Å². The molecule has 0 aromatic carbocycles. The Labute approximate surface area is 75.8 Å². The molecule has 0 bridgehead atoms. The lowest BCUT2D eigenvalue weighted by Crippen LogP contribution is -2.17. The molecule has 0 spiro atoms. The first-order valence-electron chi connectivity index (χ1n) is 4.72. The van der Waals surface area contributed by atoms with Gasteiger partial charge in [-0.25, -0.2) is 0 Å². The molecule has 0 amide bonds. The van der Waals surface area contributed by atoms with Gasteiger partial charge in [-0.3, -0.25) is 0 Å². The van der Waals surface area contributed by atoms with Crippen molar-refractivity contribution in [3.8, 4) is 0 Å². The third-order valence-electron chi connectivity index (χ3n) is 2.73. The second-order valence-electron chi connectivity index (χ2n) is 3.86. The van der Waals surface area contributed by atoms with E-state index in [1.54, 1.807) is 0 Å². The fourth-order valence-corrected chi connectivity index (χ4v) is 1.93. The number of hydrogen-bond acceptors (Lipinski definition) is 1. The summed E-state index contributed by atoms with van der Waals surface area (Å²) in [5.74, 6) is 1.31. The fraction of sp³-hybridized carbons (Fsp3) is 0.636. The number of hydrogen-bond donors (Lipinski definition) is 0. The third-order valence-corrected chi connectivity index (χ3v) is 2.73. The van der Waals surface area contributed by atoms with E-state index >= 15 is 0 Å². The Morgan fingerprint density at radius 1 is 1.50 bits per heavy atom. The van der Waals surface area contributed by atoms with Crippen LogP contribution in [0.25, 0.3) is 0 Å². The maximum atomic E-state index is 4.12. The zero-order valence-electron chi connectivity index (χ0n) is 8.43. The standard InChI is InChI=1S/C11H19N/c1-6-12-9(4)7-11(8(2)3)10(12)5/h8,11H,4-7H2,1-3H3. The van der Waals surface area contributed by atoms with Crippen molar-refractivity contribution in [2.75, 3.05) is 6.54 Å². The predicted octanol–water partition coefficient (Wildman–Crippen LogP) is 3.01. The van der Waals surface area contributed by atoms with Crippen LogP contribution < -0.4 is 0 Å². The van der Waals surface area contributed by atoms with Crippen LogP contribution in [0.2, 0.25) is 0 Å². The first kappa shape index (κ1) is 9.37. The smallest absolute Gasteiger partial charge is 0.0196 e. The van der Waals surface area contributed by atoms with Crippen LogP contribution in [0.1, 0.15) is 27.2 Å². The number of nitrogens with zero attached hydrogens (tertiary/aromatic N) is 1. The molecule has 0 saturated carbocycles. The van der Waals surface area contributed by atoms with E-state index in [1.807, 2.05) is 0 Å². The Balaban J connectivity index is 2.75. The van der Waals surface area contributed by atoms with Gasteiger partial charge in [0, 0.05) is 23.9 Å². The highest BCUT2D eigenvalue weighted by molar-refractivity contribution is 5.20. The molecule has 0 radical (unpaired) electrons. The third kappa shape index (κ3) is 1.40. The van der Waals surface area contributed by atoms with E-state index < -0.39 is 0 Å². The van der Waals surface area contributed by atoms with E-state index in [1.165, 1.54) is 11.4 Å². The predicted molar refractivity (Wildman–Crippen MR) is 53.6 cm³/mol. The van der Waals surface area contributed by atoms with Crippen molar-refractivity contribution in [2.24, 2.45) is 11.8 Å². The normalized spacial score (nSPS) is 24.3. The summed E-state index contributed by atoms with van der Waals surface area (Å²) in [5.41, 5.74) is 2.50. The monoisotopic (exact) mass is 165 g/mol. The van der Waals surface area contributed by atoms with Gasteiger partial charge in [0.25, 0.3) is 0 Å². The molecule has 68 valence electrons. The van der Waals surface area contributed by atoms with Gasteiger partial charge < -0.3 is 4.90 Å². The zero-order chi connectivity index (χ0) is 9.30. The zero-order valence-corrected chi connectivity index (χ0v) is 8.43. The summed E-state index contributed by atoms with van der Waals surface area (Å²) in [4.78, 5) is 2.24. The Morgan fingerprint density at radius 3 is 2.33 bits per heavy atom. The largest absolute Gasteiger partial charge is 0.350 e. The summed E-state index contributed by atoms with van der Waals surface area (Å²) < 4.78 is 0. The fourth-order valence-electron chi connectivity index (χ4n) is 1.93. The Bertz CT molecular complexity index is 203. The van der Waals surface area contributed by atoms with Crippen LogP contribution in [0.3, 0.4) is 0 Å². The summed E-state index contributed by atoms with van der Waals surface area (Å²) >= 11 is 0. The summed E-state index contributed by atoms with van der Waals surface area (Å²) in [6.45, 7) is 15.9. The molecule has 1 nitrogen and oxygen atoms in total. The molecule has 1 saturated heterocycles. The van der Waals surface area contributed by atoms with Gasteiger partial charge in [0.05, 0.1) is 0 Å². The van der Waals surface area contributed by atoms with Crippen LogP contribution >= 0.6 is 0 Å². The van der Waals surface area contributed by atoms with Crippen molar-refractivity contribution in [3.63, 3.8) is 0 Å². The van der Waals surface area contributed by atoms with Crippen LogP contribution in [-0.2, 0) is 0 Å². The molecule has 1 unspecified atom stereocenters. The maximum absolute atomic E-state index is 4.12. The van der Waals surface area contributed by atoms with E-state index in [9.17, 15) is 0 Å². The highest BCUT2D eigenvalue weighted by atomic mass is 15.2. The van der Waals surface area contributed by atoms with Crippen LogP contribution in [0.5, 0.6) is 0 Å². The minimum absolute atomic E-state index is 0.623. The number of rotatable bonds is 2. The minimum atomic E-state index is 0.623. The average Bonchev–Trinajstić information content (AvgIpc) is 2.27. The molecule has 1 aliphatic rings. The molecule has 1 fully saturated rings. The van der Waals surface area contributed by atoms with E-state index in [4.69, 9.17) is 0 Å². The Morgan fingerprint density at radius 2 is 2.08 bits per heavy atom. The highest BCUT2D eigenvalue weighted by Crippen LogP contribution is 2.37.